The molecule has 1 amide bonds. The fraction of sp³-hybridized carbons (Fsp3) is 0.200. The number of carbonyl (C=O) groups excluding carboxylic acids is 2. The Morgan fingerprint density at radius 1 is 1.17 bits per heavy atom. The van der Waals surface area contributed by atoms with E-state index in [1.165, 1.54) is 12.1 Å². The van der Waals surface area contributed by atoms with Crippen LogP contribution in [0.15, 0.2) is 29.2 Å². The van der Waals surface area contributed by atoms with E-state index in [9.17, 15) is 18.0 Å². The van der Waals surface area contributed by atoms with Crippen LogP contribution in [0.4, 0.5) is 0 Å². The molecule has 0 saturated carbocycles. The Bertz CT molecular complexity index is 550. The molecule has 0 aromatic heterocycles. The van der Waals surface area contributed by atoms with E-state index < -0.39 is 21.9 Å². The second kappa shape index (κ2) is 5.61. The molecule has 2 N–H and O–H groups in total. The molecule has 98 valence electrons. The molecule has 0 fully saturated rings. The smallest absolute Gasteiger partial charge is 0.397 e. The maximum Gasteiger partial charge on any atom is 0.397 e. The van der Waals surface area contributed by atoms with Crippen LogP contribution in [-0.2, 0) is 24.3 Å². The van der Waals surface area contributed by atoms with E-state index in [-0.39, 0.29) is 4.90 Å². The second-order valence-electron chi connectivity index (χ2n) is 3.36. The molecule has 1 aromatic rings. The van der Waals surface area contributed by atoms with Crippen molar-refractivity contribution in [2.75, 3.05) is 7.11 Å². The monoisotopic (exact) mass is 272 g/mol. The van der Waals surface area contributed by atoms with E-state index in [1.807, 2.05) is 6.92 Å². The normalized spacial score (nSPS) is 10.8. The Balaban J connectivity index is 2.74. The largest absolute Gasteiger partial charge is 0.462 e. The number of carbonyl (C=O) groups is 2. The van der Waals surface area contributed by atoms with Gasteiger partial charge in [-0.2, -0.15) is 0 Å². The number of rotatable bonds is 3. The van der Waals surface area contributed by atoms with Crippen molar-refractivity contribution in [1.82, 2.24) is 10.3 Å². The Kier molecular flexibility index (Phi) is 4.40. The van der Waals surface area contributed by atoms with Gasteiger partial charge in [0.1, 0.15) is 0 Å². The van der Waals surface area contributed by atoms with Gasteiger partial charge in [0, 0.05) is 0 Å². The lowest BCUT2D eigenvalue weighted by atomic mass is 10.2. The zero-order chi connectivity index (χ0) is 13.8. The molecule has 0 aliphatic rings. The number of hydrazine groups is 1. The summed E-state index contributed by atoms with van der Waals surface area (Å²) in [5, 5.41) is 0. The van der Waals surface area contributed by atoms with Crippen LogP contribution in [0.5, 0.6) is 0 Å². The lowest BCUT2D eigenvalue weighted by molar-refractivity contribution is -0.152. The first kappa shape index (κ1) is 14.1. The first-order chi connectivity index (χ1) is 8.36. The minimum atomic E-state index is -3.90. The molecule has 18 heavy (non-hydrogen) atoms. The Morgan fingerprint density at radius 2 is 1.72 bits per heavy atom. The van der Waals surface area contributed by atoms with Crippen molar-refractivity contribution in [3.63, 3.8) is 0 Å². The van der Waals surface area contributed by atoms with Crippen LogP contribution in [0, 0.1) is 6.92 Å². The summed E-state index contributed by atoms with van der Waals surface area (Å²) in [5.74, 6) is -2.39. The highest BCUT2D eigenvalue weighted by Gasteiger charge is 2.18. The van der Waals surface area contributed by atoms with E-state index in [4.69, 9.17) is 0 Å². The zero-order valence-electron chi connectivity index (χ0n) is 9.76. The van der Waals surface area contributed by atoms with Gasteiger partial charge in [-0.05, 0) is 19.1 Å². The van der Waals surface area contributed by atoms with Gasteiger partial charge < -0.3 is 4.74 Å². The molecule has 0 aliphatic carbocycles. The average Bonchev–Trinajstić information content (AvgIpc) is 2.35. The third-order valence-corrected chi connectivity index (χ3v) is 3.26. The Labute approximate surface area is 104 Å². The molecule has 0 atom stereocenters. The highest BCUT2D eigenvalue weighted by atomic mass is 32.2. The van der Waals surface area contributed by atoms with Crippen molar-refractivity contribution >= 4 is 21.9 Å². The summed E-state index contributed by atoms with van der Waals surface area (Å²) in [6.07, 6.45) is 0. The topological polar surface area (TPSA) is 102 Å². The highest BCUT2D eigenvalue weighted by molar-refractivity contribution is 7.89. The Hall–Kier alpha value is -1.93. The lowest BCUT2D eigenvalue weighted by Gasteiger charge is -2.07. The van der Waals surface area contributed by atoms with Gasteiger partial charge in [0.2, 0.25) is 0 Å². The summed E-state index contributed by atoms with van der Waals surface area (Å²) in [4.78, 5) is 23.5. The molecule has 8 heteroatoms. The van der Waals surface area contributed by atoms with Crippen molar-refractivity contribution < 1.29 is 22.7 Å². The predicted molar refractivity (Wildman–Crippen MR) is 61.7 cm³/mol. The van der Waals surface area contributed by atoms with Crippen molar-refractivity contribution in [3.8, 4) is 0 Å². The Morgan fingerprint density at radius 3 is 2.22 bits per heavy atom. The summed E-state index contributed by atoms with van der Waals surface area (Å²) in [6.45, 7) is 1.81. The number of methoxy groups -OCH3 is 1. The molecule has 1 aromatic carbocycles. The van der Waals surface area contributed by atoms with Crippen molar-refractivity contribution in [3.05, 3.63) is 29.8 Å². The number of amides is 1. The van der Waals surface area contributed by atoms with Crippen LogP contribution in [0.3, 0.4) is 0 Å². The summed E-state index contributed by atoms with van der Waals surface area (Å²) >= 11 is 0. The minimum absolute atomic E-state index is 0.0294. The molecular weight excluding hydrogens is 260 g/mol. The van der Waals surface area contributed by atoms with Crippen LogP contribution >= 0.6 is 0 Å². The average molecular weight is 272 g/mol. The van der Waals surface area contributed by atoms with E-state index in [1.54, 1.807) is 22.4 Å². The standard InChI is InChI=1S/C10H12N2O5S/c1-7-3-5-8(6-4-7)18(15,16)12-11-9(13)10(14)17-2/h3-6,12H,1-2H3,(H,11,13). The lowest BCUT2D eigenvalue weighted by Crippen LogP contribution is -2.45. The predicted octanol–water partition coefficient (Wildman–Crippen LogP) is -0.522. The molecule has 0 spiro atoms. The van der Waals surface area contributed by atoms with Crippen molar-refractivity contribution in [1.29, 1.82) is 0 Å². The number of sulfonamides is 1. The molecular formula is C10H12N2O5S. The molecule has 0 saturated heterocycles. The van der Waals surface area contributed by atoms with Gasteiger partial charge in [0.15, 0.2) is 0 Å². The zero-order valence-corrected chi connectivity index (χ0v) is 10.6. The highest BCUT2D eigenvalue weighted by Crippen LogP contribution is 2.08. The van der Waals surface area contributed by atoms with Gasteiger partial charge in [0.05, 0.1) is 12.0 Å². The van der Waals surface area contributed by atoms with Gasteiger partial charge in [-0.3, -0.25) is 10.2 Å². The molecule has 0 bridgehead atoms. The van der Waals surface area contributed by atoms with Gasteiger partial charge >= 0.3 is 11.9 Å². The molecule has 1 rings (SSSR count). The van der Waals surface area contributed by atoms with E-state index in [2.05, 4.69) is 4.74 Å². The summed E-state index contributed by atoms with van der Waals surface area (Å²) < 4.78 is 27.5. The number of ether oxygens (including phenoxy) is 1. The summed E-state index contributed by atoms with van der Waals surface area (Å²) in [5.41, 5.74) is 2.63. The quantitative estimate of drug-likeness (QED) is 0.438. The first-order valence-electron chi connectivity index (χ1n) is 4.83. The number of hydrogen-bond donors (Lipinski definition) is 2. The fourth-order valence-corrected chi connectivity index (χ4v) is 1.87. The van der Waals surface area contributed by atoms with Crippen molar-refractivity contribution in [2.45, 2.75) is 11.8 Å². The number of esters is 1. The van der Waals surface area contributed by atoms with Crippen LogP contribution in [0.25, 0.3) is 0 Å². The molecule has 0 radical (unpaired) electrons. The van der Waals surface area contributed by atoms with Crippen molar-refractivity contribution in [2.24, 2.45) is 0 Å². The molecule has 0 heterocycles. The van der Waals surface area contributed by atoms with Crippen LogP contribution in [0.2, 0.25) is 0 Å². The maximum atomic E-state index is 11.7. The third kappa shape index (κ3) is 3.54. The third-order valence-electron chi connectivity index (χ3n) is 2.00. The molecule has 0 aliphatic heterocycles. The number of aryl methyl sites for hydroxylation is 1. The minimum Gasteiger partial charge on any atom is -0.462 e. The fourth-order valence-electron chi connectivity index (χ4n) is 1.03. The number of nitrogens with one attached hydrogen (secondary N) is 2. The van der Waals surface area contributed by atoms with Gasteiger partial charge in [-0.1, -0.05) is 17.7 Å². The number of hydrogen-bond acceptors (Lipinski definition) is 5. The SMILES string of the molecule is COC(=O)C(=O)NNS(=O)(=O)c1ccc(C)cc1. The van der Waals surface area contributed by atoms with Crippen LogP contribution < -0.4 is 10.3 Å². The van der Waals surface area contributed by atoms with E-state index >= 15 is 0 Å². The van der Waals surface area contributed by atoms with E-state index in [0.29, 0.717) is 0 Å². The van der Waals surface area contributed by atoms with Gasteiger partial charge in [-0.15, -0.1) is 4.83 Å². The molecule has 0 unspecified atom stereocenters. The summed E-state index contributed by atoms with van der Waals surface area (Å²) in [6, 6.07) is 5.97. The maximum absolute atomic E-state index is 11.7. The molecule has 7 nitrogen and oxygen atoms in total. The first-order valence-corrected chi connectivity index (χ1v) is 6.32. The second-order valence-corrected chi connectivity index (χ2v) is 5.05. The number of benzene rings is 1. The van der Waals surface area contributed by atoms with Crippen LogP contribution in [0.1, 0.15) is 5.56 Å². The van der Waals surface area contributed by atoms with Gasteiger partial charge in [-0.25, -0.2) is 13.2 Å². The van der Waals surface area contributed by atoms with Gasteiger partial charge in [0.25, 0.3) is 10.0 Å². The van der Waals surface area contributed by atoms with Crippen LogP contribution in [-0.4, -0.2) is 27.4 Å². The van der Waals surface area contributed by atoms with E-state index in [0.717, 1.165) is 12.7 Å². The summed E-state index contributed by atoms with van der Waals surface area (Å²) in [7, 11) is -2.89.